The van der Waals surface area contributed by atoms with Gasteiger partial charge in [0.25, 0.3) is 0 Å². The van der Waals surface area contributed by atoms with Crippen molar-refractivity contribution in [3.63, 3.8) is 0 Å². The quantitative estimate of drug-likeness (QED) is 0.736. The summed E-state index contributed by atoms with van der Waals surface area (Å²) in [5.74, 6) is 0.880. The number of nitrogens with one attached hydrogen (secondary N) is 1. The molecule has 0 saturated carbocycles. The number of hydrogen-bond donors (Lipinski definition) is 1. The highest BCUT2D eigenvalue weighted by Gasteiger charge is 2.05. The second-order valence-electron chi connectivity index (χ2n) is 4.55. The van der Waals surface area contributed by atoms with E-state index in [0.29, 0.717) is 6.61 Å². The number of aromatic amines is 1. The van der Waals surface area contributed by atoms with Gasteiger partial charge in [0, 0.05) is 27.1 Å². The molecule has 0 spiro atoms. The molecular weight excluding hydrogens is 302 g/mol. The van der Waals surface area contributed by atoms with Gasteiger partial charge in [0.1, 0.15) is 12.4 Å². The summed E-state index contributed by atoms with van der Waals surface area (Å²) in [6, 6.07) is 14.2. The minimum atomic E-state index is 0.574. The van der Waals surface area contributed by atoms with Crippen LogP contribution in [0.1, 0.15) is 11.1 Å². The summed E-state index contributed by atoms with van der Waals surface area (Å²) < 4.78 is 6.87. The zero-order valence-electron chi connectivity index (χ0n) is 10.6. The third kappa shape index (κ3) is 2.51. The summed E-state index contributed by atoms with van der Waals surface area (Å²) in [5, 5.41) is 1.23. The summed E-state index contributed by atoms with van der Waals surface area (Å²) in [4.78, 5) is 3.31. The first-order valence-corrected chi connectivity index (χ1v) is 6.97. The van der Waals surface area contributed by atoms with Gasteiger partial charge in [-0.05, 0) is 36.8 Å². The molecule has 0 atom stereocenters. The number of rotatable bonds is 3. The Balaban J connectivity index is 1.82. The van der Waals surface area contributed by atoms with Gasteiger partial charge in [-0.15, -0.1) is 0 Å². The van der Waals surface area contributed by atoms with Crippen LogP contribution >= 0.6 is 15.9 Å². The normalized spacial score (nSPS) is 10.8. The van der Waals surface area contributed by atoms with E-state index in [4.69, 9.17) is 4.74 Å². The van der Waals surface area contributed by atoms with E-state index in [1.54, 1.807) is 0 Å². The molecule has 0 unspecified atom stereocenters. The SMILES string of the molecule is Cc1cccc2c(COc3ccc(Br)cc3)c[nH]c12. The van der Waals surface area contributed by atoms with E-state index < -0.39 is 0 Å². The van der Waals surface area contributed by atoms with Crippen molar-refractivity contribution < 1.29 is 4.74 Å². The second kappa shape index (κ2) is 5.10. The lowest BCUT2D eigenvalue weighted by molar-refractivity contribution is 0.307. The number of hydrogen-bond acceptors (Lipinski definition) is 1. The molecule has 0 bridgehead atoms. The van der Waals surface area contributed by atoms with Crippen LogP contribution in [-0.4, -0.2) is 4.98 Å². The fourth-order valence-corrected chi connectivity index (χ4v) is 2.44. The number of fused-ring (bicyclic) bond motifs is 1. The Morgan fingerprint density at radius 1 is 1.11 bits per heavy atom. The van der Waals surface area contributed by atoms with Gasteiger partial charge in [-0.1, -0.05) is 34.1 Å². The van der Waals surface area contributed by atoms with E-state index in [0.717, 1.165) is 10.2 Å². The van der Waals surface area contributed by atoms with Crippen molar-refractivity contribution >= 4 is 26.8 Å². The highest BCUT2D eigenvalue weighted by molar-refractivity contribution is 9.10. The van der Waals surface area contributed by atoms with E-state index in [9.17, 15) is 0 Å². The second-order valence-corrected chi connectivity index (χ2v) is 5.47. The molecule has 0 saturated heterocycles. The first-order valence-electron chi connectivity index (χ1n) is 6.18. The Hall–Kier alpha value is -1.74. The van der Waals surface area contributed by atoms with E-state index in [-0.39, 0.29) is 0 Å². The third-order valence-corrected chi connectivity index (χ3v) is 3.75. The van der Waals surface area contributed by atoms with Crippen LogP contribution in [0.25, 0.3) is 10.9 Å². The zero-order chi connectivity index (χ0) is 13.2. The molecule has 2 aromatic carbocycles. The van der Waals surface area contributed by atoms with Crippen molar-refractivity contribution in [2.75, 3.05) is 0 Å². The molecule has 1 aromatic heterocycles. The number of ether oxygens (including phenoxy) is 1. The van der Waals surface area contributed by atoms with Crippen LogP contribution < -0.4 is 4.74 Å². The summed E-state index contributed by atoms with van der Waals surface area (Å²) in [7, 11) is 0. The van der Waals surface area contributed by atoms with E-state index in [2.05, 4.69) is 46.0 Å². The average Bonchev–Trinajstić information content (AvgIpc) is 2.83. The van der Waals surface area contributed by atoms with Gasteiger partial charge in [0.05, 0.1) is 0 Å². The summed E-state index contributed by atoms with van der Waals surface area (Å²) in [6.45, 7) is 2.68. The van der Waals surface area contributed by atoms with E-state index in [1.165, 1.54) is 22.0 Å². The van der Waals surface area contributed by atoms with Crippen LogP contribution in [0.15, 0.2) is 53.1 Å². The molecule has 96 valence electrons. The Morgan fingerprint density at radius 3 is 2.68 bits per heavy atom. The zero-order valence-corrected chi connectivity index (χ0v) is 12.2. The summed E-state index contributed by atoms with van der Waals surface area (Å²) >= 11 is 3.42. The number of benzene rings is 2. The van der Waals surface area contributed by atoms with Gasteiger partial charge in [-0.3, -0.25) is 0 Å². The minimum absolute atomic E-state index is 0.574. The van der Waals surface area contributed by atoms with Crippen molar-refractivity contribution in [3.05, 3.63) is 64.3 Å². The van der Waals surface area contributed by atoms with Crippen LogP contribution in [0.3, 0.4) is 0 Å². The van der Waals surface area contributed by atoms with E-state index in [1.807, 2.05) is 30.5 Å². The molecule has 3 rings (SSSR count). The lowest BCUT2D eigenvalue weighted by Crippen LogP contribution is -1.94. The molecule has 0 fully saturated rings. The molecule has 19 heavy (non-hydrogen) atoms. The molecule has 0 aliphatic carbocycles. The van der Waals surface area contributed by atoms with Crippen LogP contribution in [0, 0.1) is 6.92 Å². The molecule has 0 amide bonds. The number of H-pyrrole nitrogens is 1. The number of aromatic nitrogens is 1. The fourth-order valence-electron chi connectivity index (χ4n) is 2.18. The maximum atomic E-state index is 5.81. The number of aryl methyl sites for hydroxylation is 1. The van der Waals surface area contributed by atoms with Crippen molar-refractivity contribution in [2.45, 2.75) is 13.5 Å². The summed E-state index contributed by atoms with van der Waals surface area (Å²) in [6.07, 6.45) is 2.02. The molecule has 3 heteroatoms. The van der Waals surface area contributed by atoms with Crippen LogP contribution in [0.5, 0.6) is 5.75 Å². The van der Waals surface area contributed by atoms with Gasteiger partial charge in [-0.2, -0.15) is 0 Å². The Kier molecular flexibility index (Phi) is 3.30. The predicted molar refractivity (Wildman–Crippen MR) is 81.5 cm³/mol. The van der Waals surface area contributed by atoms with Crippen molar-refractivity contribution in [1.29, 1.82) is 0 Å². The van der Waals surface area contributed by atoms with Crippen LogP contribution in [0.2, 0.25) is 0 Å². The largest absolute Gasteiger partial charge is 0.489 e. The van der Waals surface area contributed by atoms with Gasteiger partial charge in [0.15, 0.2) is 0 Å². The van der Waals surface area contributed by atoms with E-state index >= 15 is 0 Å². The molecule has 1 heterocycles. The summed E-state index contributed by atoms with van der Waals surface area (Å²) in [5.41, 5.74) is 3.63. The smallest absolute Gasteiger partial charge is 0.119 e. The number of halogens is 1. The molecule has 2 nitrogen and oxygen atoms in total. The lowest BCUT2D eigenvalue weighted by atomic mass is 10.1. The highest BCUT2D eigenvalue weighted by atomic mass is 79.9. The topological polar surface area (TPSA) is 25.0 Å². The predicted octanol–water partition coefficient (Wildman–Crippen LogP) is 4.82. The molecule has 0 aliphatic rings. The highest BCUT2D eigenvalue weighted by Crippen LogP contribution is 2.23. The first-order chi connectivity index (χ1) is 9.24. The Labute approximate surface area is 120 Å². The molecule has 3 aromatic rings. The monoisotopic (exact) mass is 315 g/mol. The molecule has 0 radical (unpaired) electrons. The lowest BCUT2D eigenvalue weighted by Gasteiger charge is -2.05. The van der Waals surface area contributed by atoms with Gasteiger partial charge < -0.3 is 9.72 Å². The number of para-hydroxylation sites is 1. The fraction of sp³-hybridized carbons (Fsp3) is 0.125. The maximum Gasteiger partial charge on any atom is 0.119 e. The van der Waals surface area contributed by atoms with Crippen LogP contribution in [-0.2, 0) is 6.61 Å². The Bertz CT molecular complexity index is 700. The molecule has 1 N–H and O–H groups in total. The Morgan fingerprint density at radius 2 is 1.89 bits per heavy atom. The maximum absolute atomic E-state index is 5.81. The standard InChI is InChI=1S/C16H14BrNO/c1-11-3-2-4-15-12(9-18-16(11)15)10-19-14-7-5-13(17)6-8-14/h2-9,18H,10H2,1H3. The minimum Gasteiger partial charge on any atom is -0.489 e. The van der Waals surface area contributed by atoms with Gasteiger partial charge in [-0.25, -0.2) is 0 Å². The van der Waals surface area contributed by atoms with Gasteiger partial charge in [0.2, 0.25) is 0 Å². The average molecular weight is 316 g/mol. The molecule has 0 aliphatic heterocycles. The first kappa shape index (κ1) is 12.3. The van der Waals surface area contributed by atoms with Crippen molar-refractivity contribution in [2.24, 2.45) is 0 Å². The molecular formula is C16H14BrNO. The van der Waals surface area contributed by atoms with Crippen molar-refractivity contribution in [1.82, 2.24) is 4.98 Å². The third-order valence-electron chi connectivity index (χ3n) is 3.22. The van der Waals surface area contributed by atoms with Crippen LogP contribution in [0.4, 0.5) is 0 Å². The van der Waals surface area contributed by atoms with Crippen molar-refractivity contribution in [3.8, 4) is 5.75 Å². The van der Waals surface area contributed by atoms with Gasteiger partial charge >= 0.3 is 0 Å².